The Morgan fingerprint density at radius 1 is 1.50 bits per heavy atom. The van der Waals surface area contributed by atoms with E-state index in [1.54, 1.807) is 35.4 Å². The van der Waals surface area contributed by atoms with Crippen LogP contribution in [0.2, 0.25) is 5.02 Å². The number of nitrogens with zero attached hydrogens (tertiary/aromatic N) is 2. The summed E-state index contributed by atoms with van der Waals surface area (Å²) in [5, 5.41) is 0.514. The predicted molar refractivity (Wildman–Crippen MR) is 77.1 cm³/mol. The van der Waals surface area contributed by atoms with Crippen LogP contribution in [0.1, 0.15) is 15.4 Å². The van der Waals surface area contributed by atoms with Crippen molar-refractivity contribution < 1.29 is 4.79 Å². The maximum atomic E-state index is 12.1. The van der Waals surface area contributed by atoms with Crippen LogP contribution in [0.4, 0.5) is 0 Å². The topological polar surface area (TPSA) is 33.2 Å². The minimum Gasteiger partial charge on any atom is -0.335 e. The Morgan fingerprint density at radius 2 is 2.28 bits per heavy atom. The smallest absolute Gasteiger partial charge is 0.272 e. The van der Waals surface area contributed by atoms with Gasteiger partial charge in [0.15, 0.2) is 0 Å². The lowest BCUT2D eigenvalue weighted by molar-refractivity contribution is 0.0780. The van der Waals surface area contributed by atoms with Gasteiger partial charge in [-0.2, -0.15) is 0 Å². The molecule has 0 aromatic carbocycles. The lowest BCUT2D eigenvalue weighted by Gasteiger charge is -2.15. The fraction of sp³-hybridized carbons (Fsp3) is 0.167. The summed E-state index contributed by atoms with van der Waals surface area (Å²) < 4.78 is 1.05. The van der Waals surface area contributed by atoms with E-state index >= 15 is 0 Å². The van der Waals surface area contributed by atoms with Gasteiger partial charge < -0.3 is 4.90 Å². The second kappa shape index (κ2) is 5.82. The van der Waals surface area contributed by atoms with Crippen LogP contribution in [-0.4, -0.2) is 22.8 Å². The molecule has 0 aliphatic heterocycles. The molecule has 2 rings (SSSR count). The van der Waals surface area contributed by atoms with Crippen molar-refractivity contribution in [1.29, 1.82) is 0 Å². The minimum absolute atomic E-state index is 0.137. The van der Waals surface area contributed by atoms with E-state index in [-0.39, 0.29) is 5.91 Å². The highest BCUT2D eigenvalue weighted by Crippen LogP contribution is 2.23. The third-order valence-electron chi connectivity index (χ3n) is 2.31. The third kappa shape index (κ3) is 3.31. The number of hydrogen-bond donors (Lipinski definition) is 0. The zero-order valence-corrected chi connectivity index (χ0v) is 12.7. The summed E-state index contributed by atoms with van der Waals surface area (Å²) >= 11 is 10.8. The molecule has 0 unspecified atom stereocenters. The second-order valence-electron chi connectivity index (χ2n) is 3.73. The molecule has 2 aromatic rings. The van der Waals surface area contributed by atoms with Crippen molar-refractivity contribution in [2.75, 3.05) is 7.05 Å². The van der Waals surface area contributed by atoms with E-state index in [9.17, 15) is 4.79 Å². The van der Waals surface area contributed by atoms with Crippen LogP contribution in [0, 0.1) is 0 Å². The first-order valence-electron chi connectivity index (χ1n) is 5.17. The molecule has 2 aromatic heterocycles. The standard InChI is InChI=1S/C12H10BrClN2OS/c1-16(7-9-2-3-11(13)18-9)12(17)10-6-8(14)4-5-15-10/h2-6H,7H2,1H3. The van der Waals surface area contributed by atoms with Gasteiger partial charge in [0, 0.05) is 23.1 Å². The summed E-state index contributed by atoms with van der Waals surface area (Å²) in [5.74, 6) is -0.137. The summed E-state index contributed by atoms with van der Waals surface area (Å²) in [6, 6.07) is 7.18. The maximum absolute atomic E-state index is 12.1. The molecule has 2 heterocycles. The molecular weight excluding hydrogens is 336 g/mol. The normalized spacial score (nSPS) is 10.4. The monoisotopic (exact) mass is 344 g/mol. The molecule has 6 heteroatoms. The molecule has 0 aliphatic carbocycles. The Balaban J connectivity index is 2.09. The molecular formula is C12H10BrClN2OS. The number of hydrogen-bond acceptors (Lipinski definition) is 3. The number of carbonyl (C=O) groups is 1. The van der Waals surface area contributed by atoms with Crippen molar-refractivity contribution in [1.82, 2.24) is 9.88 Å². The van der Waals surface area contributed by atoms with Gasteiger partial charge in [-0.3, -0.25) is 9.78 Å². The fourth-order valence-corrected chi connectivity index (χ4v) is 3.16. The lowest BCUT2D eigenvalue weighted by atomic mass is 10.3. The van der Waals surface area contributed by atoms with E-state index in [4.69, 9.17) is 11.6 Å². The molecule has 0 bridgehead atoms. The Bertz CT molecular complexity index is 573. The van der Waals surface area contributed by atoms with Gasteiger partial charge in [-0.1, -0.05) is 11.6 Å². The molecule has 1 amide bonds. The second-order valence-corrected chi connectivity index (χ2v) is 6.71. The Hall–Kier alpha value is -0.910. The highest BCUT2D eigenvalue weighted by Gasteiger charge is 2.14. The molecule has 18 heavy (non-hydrogen) atoms. The quantitative estimate of drug-likeness (QED) is 0.847. The first-order chi connectivity index (χ1) is 8.56. The highest BCUT2D eigenvalue weighted by molar-refractivity contribution is 9.11. The molecule has 0 radical (unpaired) electrons. The number of carbonyl (C=O) groups excluding carboxylic acids is 1. The zero-order valence-electron chi connectivity index (χ0n) is 9.56. The van der Waals surface area contributed by atoms with Crippen molar-refractivity contribution in [2.45, 2.75) is 6.54 Å². The number of rotatable bonds is 3. The van der Waals surface area contributed by atoms with Crippen LogP contribution in [0.5, 0.6) is 0 Å². The Labute approximate surface area is 123 Å². The van der Waals surface area contributed by atoms with Gasteiger partial charge in [0.05, 0.1) is 10.3 Å². The predicted octanol–water partition coefficient (Wildman–Crippen LogP) is 3.83. The van der Waals surface area contributed by atoms with Crippen molar-refractivity contribution in [3.63, 3.8) is 0 Å². The molecule has 3 nitrogen and oxygen atoms in total. The van der Waals surface area contributed by atoms with Crippen molar-refractivity contribution in [3.8, 4) is 0 Å². The molecule has 0 saturated heterocycles. The average molecular weight is 346 g/mol. The van der Waals surface area contributed by atoms with Crippen molar-refractivity contribution >= 4 is 44.8 Å². The zero-order chi connectivity index (χ0) is 13.1. The number of pyridine rings is 1. The number of amides is 1. The van der Waals surface area contributed by atoms with E-state index in [1.165, 1.54) is 6.20 Å². The number of aromatic nitrogens is 1. The van der Waals surface area contributed by atoms with Crippen LogP contribution >= 0.6 is 38.9 Å². The molecule has 0 aliphatic rings. The van der Waals surface area contributed by atoms with Gasteiger partial charge in [-0.05, 0) is 40.2 Å². The summed E-state index contributed by atoms with van der Waals surface area (Å²) in [6.07, 6.45) is 1.53. The molecule has 0 N–H and O–H groups in total. The first kappa shape index (κ1) is 13.5. The van der Waals surface area contributed by atoms with E-state index in [1.807, 2.05) is 12.1 Å². The van der Waals surface area contributed by atoms with E-state index in [0.29, 0.717) is 17.3 Å². The van der Waals surface area contributed by atoms with Gasteiger partial charge in [-0.15, -0.1) is 11.3 Å². The largest absolute Gasteiger partial charge is 0.335 e. The molecule has 0 fully saturated rings. The van der Waals surface area contributed by atoms with Gasteiger partial charge in [-0.25, -0.2) is 0 Å². The summed E-state index contributed by atoms with van der Waals surface area (Å²) in [7, 11) is 1.75. The van der Waals surface area contributed by atoms with E-state index in [0.717, 1.165) is 8.66 Å². The molecule has 0 atom stereocenters. The Morgan fingerprint density at radius 3 is 2.89 bits per heavy atom. The molecule has 0 saturated carbocycles. The lowest BCUT2D eigenvalue weighted by Crippen LogP contribution is -2.26. The van der Waals surface area contributed by atoms with Crippen LogP contribution < -0.4 is 0 Å². The fourth-order valence-electron chi connectivity index (χ4n) is 1.46. The van der Waals surface area contributed by atoms with Crippen LogP contribution in [0.25, 0.3) is 0 Å². The van der Waals surface area contributed by atoms with Crippen LogP contribution in [-0.2, 0) is 6.54 Å². The summed E-state index contributed by atoms with van der Waals surface area (Å²) in [6.45, 7) is 0.559. The third-order valence-corrected chi connectivity index (χ3v) is 4.15. The van der Waals surface area contributed by atoms with Crippen LogP contribution in [0.15, 0.2) is 34.2 Å². The maximum Gasteiger partial charge on any atom is 0.272 e. The summed E-state index contributed by atoms with van der Waals surface area (Å²) in [4.78, 5) is 18.9. The minimum atomic E-state index is -0.137. The van der Waals surface area contributed by atoms with Crippen molar-refractivity contribution in [2.24, 2.45) is 0 Å². The van der Waals surface area contributed by atoms with Gasteiger partial charge in [0.1, 0.15) is 5.69 Å². The van der Waals surface area contributed by atoms with E-state index in [2.05, 4.69) is 20.9 Å². The average Bonchev–Trinajstić information content (AvgIpc) is 2.73. The van der Waals surface area contributed by atoms with Gasteiger partial charge >= 0.3 is 0 Å². The van der Waals surface area contributed by atoms with Gasteiger partial charge in [0.2, 0.25) is 0 Å². The molecule has 0 spiro atoms. The molecule has 94 valence electrons. The Kier molecular flexibility index (Phi) is 4.37. The summed E-state index contributed by atoms with van der Waals surface area (Å²) in [5.41, 5.74) is 0.362. The van der Waals surface area contributed by atoms with E-state index < -0.39 is 0 Å². The SMILES string of the molecule is CN(Cc1ccc(Br)s1)C(=O)c1cc(Cl)ccn1. The number of thiophene rings is 1. The van der Waals surface area contributed by atoms with Gasteiger partial charge in [0.25, 0.3) is 5.91 Å². The number of halogens is 2. The van der Waals surface area contributed by atoms with Crippen molar-refractivity contribution in [3.05, 3.63) is 49.8 Å². The first-order valence-corrected chi connectivity index (χ1v) is 7.16. The van der Waals surface area contributed by atoms with Crippen LogP contribution in [0.3, 0.4) is 0 Å². The highest BCUT2D eigenvalue weighted by atomic mass is 79.9.